The summed E-state index contributed by atoms with van der Waals surface area (Å²) in [5.41, 5.74) is 0.846. The predicted octanol–water partition coefficient (Wildman–Crippen LogP) is 4.48. The molecule has 0 aliphatic carbocycles. The first-order valence-corrected chi connectivity index (χ1v) is 13.7. The van der Waals surface area contributed by atoms with E-state index in [-0.39, 0.29) is 12.5 Å². The Morgan fingerprint density at radius 3 is 2.15 bits per heavy atom. The van der Waals surface area contributed by atoms with Crippen LogP contribution in [0.25, 0.3) is 0 Å². The molecular formula is C24H31Cl2N3O4S. The summed E-state index contributed by atoms with van der Waals surface area (Å²) in [6, 6.07) is 12.5. The molecular weight excluding hydrogens is 497 g/mol. The number of amides is 2. The number of hydrogen-bond acceptors (Lipinski definition) is 4. The zero-order valence-electron chi connectivity index (χ0n) is 19.6. The van der Waals surface area contributed by atoms with E-state index in [1.807, 2.05) is 6.92 Å². The van der Waals surface area contributed by atoms with Crippen molar-refractivity contribution in [2.24, 2.45) is 0 Å². The molecule has 0 aliphatic heterocycles. The van der Waals surface area contributed by atoms with Gasteiger partial charge in [-0.15, -0.1) is 0 Å². The molecule has 186 valence electrons. The van der Waals surface area contributed by atoms with Crippen molar-refractivity contribution in [3.05, 3.63) is 64.1 Å². The highest BCUT2D eigenvalue weighted by molar-refractivity contribution is 7.92. The molecule has 0 saturated heterocycles. The molecule has 0 aromatic heterocycles. The van der Waals surface area contributed by atoms with E-state index in [1.165, 1.54) is 4.90 Å². The molecule has 0 heterocycles. The summed E-state index contributed by atoms with van der Waals surface area (Å²) >= 11 is 12.7. The second-order valence-corrected chi connectivity index (χ2v) is 10.6. The van der Waals surface area contributed by atoms with Crippen LogP contribution in [0.4, 0.5) is 5.69 Å². The number of para-hydroxylation sites is 1. The Labute approximate surface area is 212 Å². The lowest BCUT2D eigenvalue weighted by Gasteiger charge is -2.33. The third-order valence-electron chi connectivity index (χ3n) is 5.33. The molecule has 1 N–H and O–H groups in total. The Hall–Kier alpha value is -2.29. The van der Waals surface area contributed by atoms with Crippen molar-refractivity contribution in [3.63, 3.8) is 0 Å². The van der Waals surface area contributed by atoms with Crippen LogP contribution in [0.15, 0.2) is 48.5 Å². The number of sulfonamides is 1. The van der Waals surface area contributed by atoms with Crippen molar-refractivity contribution in [1.82, 2.24) is 10.2 Å². The van der Waals surface area contributed by atoms with Crippen LogP contribution >= 0.6 is 23.2 Å². The van der Waals surface area contributed by atoms with Gasteiger partial charge in [-0.1, -0.05) is 67.7 Å². The zero-order chi connectivity index (χ0) is 25.3. The maximum absolute atomic E-state index is 13.6. The van der Waals surface area contributed by atoms with Gasteiger partial charge in [0, 0.05) is 28.7 Å². The molecule has 10 heteroatoms. The van der Waals surface area contributed by atoms with Crippen LogP contribution in [0.5, 0.6) is 0 Å². The Morgan fingerprint density at radius 2 is 1.62 bits per heavy atom. The lowest BCUT2D eigenvalue weighted by Crippen LogP contribution is -2.52. The first-order chi connectivity index (χ1) is 16.1. The van der Waals surface area contributed by atoms with Gasteiger partial charge in [-0.25, -0.2) is 8.42 Å². The molecule has 7 nitrogen and oxygen atoms in total. The molecule has 2 aromatic rings. The van der Waals surface area contributed by atoms with Crippen LogP contribution in [0.1, 0.15) is 38.7 Å². The monoisotopic (exact) mass is 527 g/mol. The number of nitrogens with zero attached hydrogens (tertiary/aromatic N) is 2. The highest BCUT2D eigenvalue weighted by Gasteiger charge is 2.32. The summed E-state index contributed by atoms with van der Waals surface area (Å²) in [4.78, 5) is 28.0. The molecule has 0 unspecified atom stereocenters. The van der Waals surface area contributed by atoms with Crippen molar-refractivity contribution >= 4 is 50.7 Å². The summed E-state index contributed by atoms with van der Waals surface area (Å²) in [5.74, 6) is -0.846. The number of rotatable bonds is 12. The molecule has 2 aromatic carbocycles. The van der Waals surface area contributed by atoms with Crippen molar-refractivity contribution in [3.8, 4) is 0 Å². The second kappa shape index (κ2) is 13.0. The van der Waals surface area contributed by atoms with Gasteiger partial charge < -0.3 is 10.2 Å². The van der Waals surface area contributed by atoms with Gasteiger partial charge in [0.1, 0.15) is 12.6 Å². The Balaban J connectivity index is 2.44. The van der Waals surface area contributed by atoms with E-state index in [1.54, 1.807) is 55.5 Å². The van der Waals surface area contributed by atoms with Crippen molar-refractivity contribution in [2.45, 2.75) is 45.7 Å². The van der Waals surface area contributed by atoms with E-state index in [0.29, 0.717) is 34.3 Å². The van der Waals surface area contributed by atoms with E-state index < -0.39 is 28.5 Å². The highest BCUT2D eigenvalue weighted by Crippen LogP contribution is 2.27. The maximum Gasteiger partial charge on any atom is 0.244 e. The van der Waals surface area contributed by atoms with Gasteiger partial charge in [-0.2, -0.15) is 0 Å². The quantitative estimate of drug-likeness (QED) is 0.412. The molecule has 34 heavy (non-hydrogen) atoms. The van der Waals surface area contributed by atoms with E-state index in [9.17, 15) is 18.0 Å². The van der Waals surface area contributed by atoms with E-state index in [4.69, 9.17) is 23.2 Å². The van der Waals surface area contributed by atoms with Crippen LogP contribution in [0.2, 0.25) is 10.0 Å². The third-order valence-corrected chi connectivity index (χ3v) is 7.18. The van der Waals surface area contributed by atoms with E-state index >= 15 is 0 Å². The first-order valence-electron chi connectivity index (χ1n) is 11.1. The number of carbonyl (C=O) groups excluding carboxylic acids is 2. The van der Waals surface area contributed by atoms with Gasteiger partial charge in [0.05, 0.1) is 11.9 Å². The van der Waals surface area contributed by atoms with Gasteiger partial charge >= 0.3 is 0 Å². The molecule has 0 fully saturated rings. The number of unbranched alkanes of at least 4 members (excludes halogenated alkanes) is 1. The molecule has 0 bridgehead atoms. The molecule has 1 atom stereocenters. The SMILES string of the molecule is CCCCNC(=O)[C@@H](CC)N(Cc1c(Cl)cccc1Cl)C(=O)CN(c1ccccc1)S(C)(=O)=O. The summed E-state index contributed by atoms with van der Waals surface area (Å²) in [7, 11) is -3.77. The van der Waals surface area contributed by atoms with Crippen LogP contribution < -0.4 is 9.62 Å². The maximum atomic E-state index is 13.6. The number of carbonyl (C=O) groups is 2. The predicted molar refractivity (Wildman–Crippen MR) is 138 cm³/mol. The summed E-state index contributed by atoms with van der Waals surface area (Å²) < 4.78 is 26.1. The van der Waals surface area contributed by atoms with Crippen molar-refractivity contribution in [1.29, 1.82) is 0 Å². The lowest BCUT2D eigenvalue weighted by molar-refractivity contribution is -0.140. The Morgan fingerprint density at radius 1 is 1.00 bits per heavy atom. The van der Waals surface area contributed by atoms with Gasteiger partial charge in [0.25, 0.3) is 0 Å². The fraction of sp³-hybridized carbons (Fsp3) is 0.417. The van der Waals surface area contributed by atoms with Gasteiger partial charge in [0.2, 0.25) is 21.8 Å². The van der Waals surface area contributed by atoms with Crippen molar-refractivity contribution in [2.75, 3.05) is 23.7 Å². The fourth-order valence-electron chi connectivity index (χ4n) is 3.49. The van der Waals surface area contributed by atoms with Crippen molar-refractivity contribution < 1.29 is 18.0 Å². The molecule has 0 aliphatic rings. The Kier molecular flexibility index (Phi) is 10.7. The van der Waals surface area contributed by atoms with Crippen LogP contribution in [-0.4, -0.2) is 50.5 Å². The molecule has 0 saturated carbocycles. The zero-order valence-corrected chi connectivity index (χ0v) is 22.0. The number of anilines is 1. The minimum absolute atomic E-state index is 0.0383. The molecule has 2 amide bonds. The van der Waals surface area contributed by atoms with E-state index in [0.717, 1.165) is 23.4 Å². The smallest absolute Gasteiger partial charge is 0.244 e. The fourth-order valence-corrected chi connectivity index (χ4v) is 4.85. The lowest BCUT2D eigenvalue weighted by atomic mass is 10.1. The van der Waals surface area contributed by atoms with Crippen LogP contribution in [-0.2, 0) is 26.2 Å². The van der Waals surface area contributed by atoms with Gasteiger partial charge in [0.15, 0.2) is 0 Å². The normalized spacial score (nSPS) is 12.1. The molecule has 2 rings (SSSR count). The topological polar surface area (TPSA) is 86.8 Å². The number of hydrogen-bond donors (Lipinski definition) is 1. The Bertz CT molecular complexity index is 1060. The summed E-state index contributed by atoms with van der Waals surface area (Å²) in [6.07, 6.45) is 3.09. The van der Waals surface area contributed by atoms with Crippen LogP contribution in [0, 0.1) is 0 Å². The average Bonchev–Trinajstić information content (AvgIpc) is 2.79. The molecule has 0 spiro atoms. The largest absolute Gasteiger partial charge is 0.354 e. The minimum atomic E-state index is -3.77. The average molecular weight is 529 g/mol. The number of halogens is 2. The first kappa shape index (κ1) is 28.0. The second-order valence-electron chi connectivity index (χ2n) is 7.90. The third kappa shape index (κ3) is 7.61. The minimum Gasteiger partial charge on any atom is -0.354 e. The number of nitrogens with one attached hydrogen (secondary N) is 1. The van der Waals surface area contributed by atoms with Gasteiger partial charge in [-0.05, 0) is 37.1 Å². The molecule has 0 radical (unpaired) electrons. The van der Waals surface area contributed by atoms with E-state index in [2.05, 4.69) is 5.32 Å². The number of benzene rings is 2. The standard InChI is InChI=1S/C24H31Cl2N3O4S/c1-4-6-15-27-24(31)22(5-2)28(16-19-20(25)13-10-14-21(19)26)23(30)17-29(34(3,32)33)18-11-8-7-9-12-18/h7-14,22H,4-6,15-17H2,1-3H3,(H,27,31)/t22-/m1/s1. The summed E-state index contributed by atoms with van der Waals surface area (Å²) in [6.45, 7) is 3.79. The summed E-state index contributed by atoms with van der Waals surface area (Å²) in [5, 5.41) is 3.58. The highest BCUT2D eigenvalue weighted by atomic mass is 35.5. The van der Waals surface area contributed by atoms with Crippen LogP contribution in [0.3, 0.4) is 0 Å². The van der Waals surface area contributed by atoms with Gasteiger partial charge in [-0.3, -0.25) is 13.9 Å².